The van der Waals surface area contributed by atoms with Crippen LogP contribution >= 0.6 is 22.6 Å². The van der Waals surface area contributed by atoms with Crippen molar-refractivity contribution in [1.29, 1.82) is 0 Å². The highest BCUT2D eigenvalue weighted by Gasteiger charge is 2.32. The number of halogens is 5. The van der Waals surface area contributed by atoms with Gasteiger partial charge in [-0.2, -0.15) is 0 Å². The van der Waals surface area contributed by atoms with E-state index in [9.17, 15) is 17.6 Å². The third-order valence-corrected chi connectivity index (χ3v) is 2.54. The fraction of sp³-hybridized carbons (Fsp3) is 0.375. The van der Waals surface area contributed by atoms with E-state index in [0.29, 0.717) is 0 Å². The summed E-state index contributed by atoms with van der Waals surface area (Å²) in [5, 5.41) is 8.83. The summed E-state index contributed by atoms with van der Waals surface area (Å²) in [5.41, 5.74) is -0.295. The van der Waals surface area contributed by atoms with Crippen LogP contribution in [0.5, 0.6) is 5.75 Å². The smallest absolute Gasteiger partial charge is 0.404 e. The van der Waals surface area contributed by atoms with Gasteiger partial charge in [0.2, 0.25) is 0 Å². The van der Waals surface area contributed by atoms with Crippen LogP contribution in [0.25, 0.3) is 0 Å². The molecule has 1 N–H and O–H groups in total. The number of aliphatic hydroxyl groups is 1. The van der Waals surface area contributed by atoms with E-state index in [1.54, 1.807) is 22.6 Å². The minimum absolute atomic E-state index is 0.150. The Morgan fingerprint density at radius 3 is 2.50 bits per heavy atom. The van der Waals surface area contributed by atoms with Gasteiger partial charge in [0.15, 0.2) is 5.75 Å². The Morgan fingerprint density at radius 2 is 2.06 bits per heavy atom. The number of rotatable bonds is 3. The largest absolute Gasteiger partial charge is 0.573 e. The summed E-state index contributed by atoms with van der Waals surface area (Å²) in [6, 6.07) is 0.928. The Morgan fingerprint density at radius 1 is 1.44 bits per heavy atom. The fourth-order valence-corrected chi connectivity index (χ4v) is 1.58. The van der Waals surface area contributed by atoms with E-state index in [-0.39, 0.29) is 9.26 Å². The molecule has 0 atom stereocenters. The van der Waals surface area contributed by atoms with Gasteiger partial charge in [0.05, 0.1) is 6.61 Å². The van der Waals surface area contributed by atoms with Crippen molar-refractivity contribution in [2.45, 2.75) is 19.6 Å². The van der Waals surface area contributed by atoms with Gasteiger partial charge in [0.1, 0.15) is 16.1 Å². The highest BCUT2D eigenvalue weighted by molar-refractivity contribution is 14.1. The van der Waals surface area contributed by atoms with Gasteiger partial charge in [-0.15, -0.1) is 13.2 Å². The van der Waals surface area contributed by atoms with E-state index in [1.165, 1.54) is 0 Å². The summed E-state index contributed by atoms with van der Waals surface area (Å²) in [6.07, 6.45) is -4.91. The van der Waals surface area contributed by atoms with E-state index in [4.69, 9.17) is 5.11 Å². The maximum atomic E-state index is 12.4. The van der Waals surface area contributed by atoms with Crippen LogP contribution < -0.4 is 4.74 Å². The molecular formula is C8H6F4INO2. The Hall–Kier alpha value is -0.640. The molecule has 0 aliphatic carbocycles. The predicted molar refractivity (Wildman–Crippen MR) is 54.4 cm³/mol. The molecule has 0 aliphatic heterocycles. The summed E-state index contributed by atoms with van der Waals surface area (Å²) in [4.78, 5) is 3.57. The van der Waals surface area contributed by atoms with Crippen molar-refractivity contribution in [3.63, 3.8) is 0 Å². The third kappa shape index (κ3) is 3.44. The lowest BCUT2D eigenvalue weighted by atomic mass is 10.2. The Kier molecular flexibility index (Phi) is 4.30. The van der Waals surface area contributed by atoms with E-state index >= 15 is 0 Å². The van der Waals surface area contributed by atoms with Crippen LogP contribution in [0.15, 0.2) is 6.07 Å². The molecule has 1 rings (SSSR count). The zero-order valence-electron chi connectivity index (χ0n) is 7.68. The minimum atomic E-state index is -4.91. The summed E-state index contributed by atoms with van der Waals surface area (Å²) in [7, 11) is 0. The predicted octanol–water partition coefficient (Wildman–Crippen LogP) is 2.55. The lowest BCUT2D eigenvalue weighted by Crippen LogP contribution is -2.19. The topological polar surface area (TPSA) is 42.4 Å². The highest BCUT2D eigenvalue weighted by Crippen LogP contribution is 2.28. The average molecular weight is 351 g/mol. The van der Waals surface area contributed by atoms with Gasteiger partial charge in [0, 0.05) is 5.56 Å². The second-order valence-electron chi connectivity index (χ2n) is 2.72. The quantitative estimate of drug-likeness (QED) is 0.517. The molecule has 0 bridgehead atoms. The van der Waals surface area contributed by atoms with Crippen molar-refractivity contribution >= 4 is 22.6 Å². The van der Waals surface area contributed by atoms with Gasteiger partial charge in [-0.3, -0.25) is 0 Å². The van der Waals surface area contributed by atoms with Crippen molar-refractivity contribution < 1.29 is 27.4 Å². The molecular weight excluding hydrogens is 345 g/mol. The van der Waals surface area contributed by atoms with E-state index < -0.39 is 31.1 Å². The zero-order chi connectivity index (χ0) is 12.3. The molecule has 16 heavy (non-hydrogen) atoms. The second kappa shape index (κ2) is 5.13. The van der Waals surface area contributed by atoms with Crippen LogP contribution in [0, 0.1) is 3.70 Å². The Balaban J connectivity index is 3.15. The molecule has 0 amide bonds. The van der Waals surface area contributed by atoms with Crippen molar-refractivity contribution in [1.82, 2.24) is 4.98 Å². The van der Waals surface area contributed by atoms with Crippen molar-refractivity contribution in [3.05, 3.63) is 21.0 Å². The molecule has 1 heterocycles. The number of nitrogens with zero attached hydrogens (tertiary/aromatic N) is 1. The second-order valence-corrected chi connectivity index (χ2v) is 3.74. The van der Waals surface area contributed by atoms with E-state index in [1.807, 2.05) is 0 Å². The molecule has 0 saturated heterocycles. The van der Waals surface area contributed by atoms with Crippen LogP contribution in [0.4, 0.5) is 17.6 Å². The molecule has 8 heteroatoms. The zero-order valence-corrected chi connectivity index (χ0v) is 9.84. The summed E-state index contributed by atoms with van der Waals surface area (Å²) < 4.78 is 52.1. The summed E-state index contributed by atoms with van der Waals surface area (Å²) >= 11 is 1.69. The lowest BCUT2D eigenvalue weighted by Gasteiger charge is -2.13. The molecule has 1 aromatic rings. The summed E-state index contributed by atoms with van der Waals surface area (Å²) in [6.45, 7) is -1.67. The van der Waals surface area contributed by atoms with Gasteiger partial charge in [-0.05, 0) is 28.7 Å². The highest BCUT2D eigenvalue weighted by atomic mass is 127. The molecule has 3 nitrogen and oxygen atoms in total. The van der Waals surface area contributed by atoms with E-state index in [2.05, 4.69) is 9.72 Å². The lowest BCUT2D eigenvalue weighted by molar-refractivity contribution is -0.275. The maximum Gasteiger partial charge on any atom is 0.573 e. The maximum absolute atomic E-state index is 12.4. The SMILES string of the molecule is OCc1cc(OC(F)(F)F)c(CF)nc1I. The number of hydrogen-bond donors (Lipinski definition) is 1. The molecule has 1 aromatic heterocycles. The number of aromatic nitrogens is 1. The molecule has 0 spiro atoms. The van der Waals surface area contributed by atoms with Gasteiger partial charge >= 0.3 is 6.36 Å². The van der Waals surface area contributed by atoms with Crippen LogP contribution in [0.1, 0.15) is 11.3 Å². The van der Waals surface area contributed by atoms with Gasteiger partial charge in [-0.1, -0.05) is 0 Å². The molecule has 0 unspecified atom stereocenters. The normalized spacial score (nSPS) is 11.6. The van der Waals surface area contributed by atoms with Crippen molar-refractivity contribution in [2.24, 2.45) is 0 Å². The minimum Gasteiger partial charge on any atom is -0.404 e. The number of hydrogen-bond acceptors (Lipinski definition) is 3. The summed E-state index contributed by atoms with van der Waals surface area (Å²) in [5.74, 6) is -0.723. The Labute approximate surface area is 102 Å². The number of pyridine rings is 1. The molecule has 90 valence electrons. The molecule has 0 aliphatic rings. The molecule has 0 fully saturated rings. The van der Waals surface area contributed by atoms with Crippen molar-refractivity contribution in [2.75, 3.05) is 0 Å². The average Bonchev–Trinajstić information content (AvgIpc) is 2.18. The van der Waals surface area contributed by atoms with Gasteiger partial charge < -0.3 is 9.84 Å². The monoisotopic (exact) mass is 351 g/mol. The molecule has 0 saturated carbocycles. The third-order valence-electron chi connectivity index (χ3n) is 1.61. The first kappa shape index (κ1) is 13.4. The first-order chi connectivity index (χ1) is 7.37. The van der Waals surface area contributed by atoms with Crippen LogP contribution in [-0.4, -0.2) is 16.5 Å². The van der Waals surface area contributed by atoms with E-state index in [0.717, 1.165) is 6.07 Å². The van der Waals surface area contributed by atoms with Gasteiger partial charge in [0.25, 0.3) is 0 Å². The number of ether oxygens (including phenoxy) is 1. The van der Waals surface area contributed by atoms with Gasteiger partial charge in [-0.25, -0.2) is 9.37 Å². The first-order valence-electron chi connectivity index (χ1n) is 3.98. The van der Waals surface area contributed by atoms with Crippen molar-refractivity contribution in [3.8, 4) is 5.75 Å². The standard InChI is InChI=1S/C8H6F4INO2/c9-2-5-6(16-8(10,11)12)1-4(3-15)7(13)14-5/h1,15H,2-3H2. The Bertz CT molecular complexity index is 383. The first-order valence-corrected chi connectivity index (χ1v) is 5.06. The van der Waals surface area contributed by atoms with Crippen LogP contribution in [0.3, 0.4) is 0 Å². The number of aliphatic hydroxyl groups excluding tert-OH is 1. The molecule has 0 aromatic carbocycles. The number of alkyl halides is 4. The molecule has 0 radical (unpaired) electrons. The van der Waals surface area contributed by atoms with Crippen LogP contribution in [-0.2, 0) is 13.3 Å². The fourth-order valence-electron chi connectivity index (χ4n) is 0.966. The van der Waals surface area contributed by atoms with Crippen LogP contribution in [0.2, 0.25) is 0 Å².